The van der Waals surface area contributed by atoms with Gasteiger partial charge in [0.25, 0.3) is 0 Å². The van der Waals surface area contributed by atoms with E-state index < -0.39 is 0 Å². The highest BCUT2D eigenvalue weighted by atomic mass is 16.6. The lowest BCUT2D eigenvalue weighted by molar-refractivity contribution is -0.0907. The third-order valence-electron chi connectivity index (χ3n) is 5.17. The summed E-state index contributed by atoms with van der Waals surface area (Å²) >= 11 is 0. The number of rotatable bonds is 3. The van der Waals surface area contributed by atoms with Crippen molar-refractivity contribution in [3.63, 3.8) is 0 Å². The Kier molecular flexibility index (Phi) is 3.92. The maximum absolute atomic E-state index is 6.00. The molecule has 0 aromatic rings. The smallest absolute Gasteiger partial charge is 0.0951 e. The van der Waals surface area contributed by atoms with Crippen LogP contribution < -0.4 is 5.32 Å². The molecule has 0 amide bonds. The number of nitrogens with one attached hydrogen (secondary N) is 1. The molecule has 2 unspecified atom stereocenters. The summed E-state index contributed by atoms with van der Waals surface area (Å²) < 4.78 is 11.5. The molecule has 0 radical (unpaired) electrons. The van der Waals surface area contributed by atoms with Crippen molar-refractivity contribution in [1.82, 2.24) is 5.32 Å². The van der Waals surface area contributed by atoms with Crippen molar-refractivity contribution in [3.05, 3.63) is 0 Å². The van der Waals surface area contributed by atoms with Gasteiger partial charge >= 0.3 is 0 Å². The Hall–Kier alpha value is -0.120. The summed E-state index contributed by atoms with van der Waals surface area (Å²) in [7, 11) is 0. The Morgan fingerprint density at radius 1 is 1.17 bits per heavy atom. The minimum Gasteiger partial charge on any atom is -0.378 e. The number of hydrogen-bond donors (Lipinski definition) is 1. The second kappa shape index (κ2) is 5.48. The van der Waals surface area contributed by atoms with Crippen molar-refractivity contribution in [2.75, 3.05) is 19.8 Å². The Morgan fingerprint density at radius 2 is 2.00 bits per heavy atom. The molecule has 1 N–H and O–H groups in total. The van der Waals surface area contributed by atoms with Crippen molar-refractivity contribution in [2.24, 2.45) is 5.92 Å². The van der Waals surface area contributed by atoms with E-state index in [0.29, 0.717) is 12.1 Å². The van der Waals surface area contributed by atoms with E-state index in [9.17, 15) is 0 Å². The average molecular weight is 253 g/mol. The van der Waals surface area contributed by atoms with Gasteiger partial charge < -0.3 is 14.8 Å². The molecule has 2 aliphatic heterocycles. The van der Waals surface area contributed by atoms with Gasteiger partial charge in [-0.25, -0.2) is 0 Å². The van der Waals surface area contributed by atoms with Crippen molar-refractivity contribution in [2.45, 2.75) is 69.6 Å². The van der Waals surface area contributed by atoms with E-state index in [2.05, 4.69) is 12.2 Å². The first kappa shape index (κ1) is 12.9. The van der Waals surface area contributed by atoms with E-state index in [1.54, 1.807) is 0 Å². The van der Waals surface area contributed by atoms with Gasteiger partial charge in [0.15, 0.2) is 0 Å². The normalized spacial score (nSPS) is 39.5. The molecule has 1 spiro atoms. The Balaban J connectivity index is 1.52. The molecule has 0 aromatic carbocycles. The van der Waals surface area contributed by atoms with E-state index in [4.69, 9.17) is 9.47 Å². The van der Waals surface area contributed by atoms with Crippen molar-refractivity contribution < 1.29 is 9.47 Å². The van der Waals surface area contributed by atoms with E-state index in [0.717, 1.165) is 38.6 Å². The fourth-order valence-electron chi connectivity index (χ4n) is 4.00. The summed E-state index contributed by atoms with van der Waals surface area (Å²) in [6.45, 7) is 4.97. The molecular weight excluding hydrogens is 226 g/mol. The monoisotopic (exact) mass is 253 g/mol. The van der Waals surface area contributed by atoms with E-state index in [1.807, 2.05) is 0 Å². The third-order valence-corrected chi connectivity index (χ3v) is 5.17. The summed E-state index contributed by atoms with van der Waals surface area (Å²) in [5, 5.41) is 3.88. The van der Waals surface area contributed by atoms with Gasteiger partial charge in [-0.1, -0.05) is 12.8 Å². The zero-order chi connectivity index (χ0) is 12.4. The van der Waals surface area contributed by atoms with Crippen LogP contribution in [-0.2, 0) is 9.47 Å². The number of ether oxygens (including phenoxy) is 2. The van der Waals surface area contributed by atoms with Crippen molar-refractivity contribution >= 4 is 0 Å². The maximum Gasteiger partial charge on any atom is 0.0951 e. The SMILES string of the molecule is C[C@@H](NC1CCOC2(CCOC2)C1)C1CCCC1. The highest BCUT2D eigenvalue weighted by Gasteiger charge is 2.41. The van der Waals surface area contributed by atoms with Crippen molar-refractivity contribution in [3.8, 4) is 0 Å². The highest BCUT2D eigenvalue weighted by molar-refractivity contribution is 4.94. The van der Waals surface area contributed by atoms with Gasteiger partial charge in [0.05, 0.1) is 12.2 Å². The zero-order valence-electron chi connectivity index (χ0n) is 11.6. The molecule has 0 aromatic heterocycles. The Bertz CT molecular complexity index is 270. The van der Waals surface area contributed by atoms with Crippen LogP contribution in [-0.4, -0.2) is 37.5 Å². The van der Waals surface area contributed by atoms with Gasteiger partial charge in [-0.15, -0.1) is 0 Å². The molecule has 1 saturated carbocycles. The molecule has 3 nitrogen and oxygen atoms in total. The summed E-state index contributed by atoms with van der Waals surface area (Å²) in [5.41, 5.74) is 0.0469. The molecule has 3 aliphatic rings. The van der Waals surface area contributed by atoms with Crippen LogP contribution in [0.15, 0.2) is 0 Å². The lowest BCUT2D eigenvalue weighted by atomic mass is 9.88. The predicted octanol–water partition coefficient (Wildman–Crippen LogP) is 2.49. The first-order valence-corrected chi connectivity index (χ1v) is 7.75. The molecule has 3 fully saturated rings. The molecule has 0 bridgehead atoms. The zero-order valence-corrected chi connectivity index (χ0v) is 11.6. The molecular formula is C15H27NO2. The Labute approximate surface area is 111 Å². The molecule has 2 heterocycles. The molecule has 3 heteroatoms. The summed E-state index contributed by atoms with van der Waals surface area (Å²) in [6.07, 6.45) is 9.10. The van der Waals surface area contributed by atoms with Crippen LogP contribution in [0.2, 0.25) is 0 Å². The van der Waals surface area contributed by atoms with E-state index in [-0.39, 0.29) is 5.60 Å². The Morgan fingerprint density at radius 3 is 2.72 bits per heavy atom. The van der Waals surface area contributed by atoms with E-state index in [1.165, 1.54) is 32.1 Å². The van der Waals surface area contributed by atoms with Crippen LogP contribution >= 0.6 is 0 Å². The largest absolute Gasteiger partial charge is 0.378 e. The lowest BCUT2D eigenvalue weighted by Gasteiger charge is -2.39. The van der Waals surface area contributed by atoms with Crippen LogP contribution in [0.3, 0.4) is 0 Å². The van der Waals surface area contributed by atoms with Crippen LogP contribution in [0.25, 0.3) is 0 Å². The maximum atomic E-state index is 6.00. The first-order valence-electron chi connectivity index (χ1n) is 7.75. The summed E-state index contributed by atoms with van der Waals surface area (Å²) in [4.78, 5) is 0. The van der Waals surface area contributed by atoms with Crippen LogP contribution in [0.1, 0.15) is 51.9 Å². The standard InChI is InChI=1S/C15H27NO2/c1-12(13-4-2-3-5-13)16-14-6-8-18-15(10-14)7-9-17-11-15/h12-14,16H,2-11H2,1H3/t12-,14?,15?/m1/s1. The van der Waals surface area contributed by atoms with Gasteiger partial charge in [-0.3, -0.25) is 0 Å². The topological polar surface area (TPSA) is 30.5 Å². The van der Waals surface area contributed by atoms with Gasteiger partial charge in [-0.2, -0.15) is 0 Å². The molecule has 2 saturated heterocycles. The van der Waals surface area contributed by atoms with Gasteiger partial charge in [-0.05, 0) is 38.5 Å². The minimum absolute atomic E-state index is 0.0469. The van der Waals surface area contributed by atoms with Gasteiger partial charge in [0.1, 0.15) is 0 Å². The minimum atomic E-state index is 0.0469. The third kappa shape index (κ3) is 2.73. The molecule has 18 heavy (non-hydrogen) atoms. The van der Waals surface area contributed by atoms with Crippen LogP contribution in [0.4, 0.5) is 0 Å². The van der Waals surface area contributed by atoms with Crippen LogP contribution in [0, 0.1) is 5.92 Å². The van der Waals surface area contributed by atoms with Crippen LogP contribution in [0.5, 0.6) is 0 Å². The quantitative estimate of drug-likeness (QED) is 0.838. The van der Waals surface area contributed by atoms with E-state index >= 15 is 0 Å². The van der Waals surface area contributed by atoms with Gasteiger partial charge in [0.2, 0.25) is 0 Å². The lowest BCUT2D eigenvalue weighted by Crippen LogP contribution is -2.50. The van der Waals surface area contributed by atoms with Gasteiger partial charge in [0, 0.05) is 31.7 Å². The molecule has 3 atom stereocenters. The molecule has 104 valence electrons. The second-order valence-electron chi connectivity index (χ2n) is 6.52. The fraction of sp³-hybridized carbons (Fsp3) is 1.00. The number of hydrogen-bond acceptors (Lipinski definition) is 3. The molecule has 1 aliphatic carbocycles. The second-order valence-corrected chi connectivity index (χ2v) is 6.52. The summed E-state index contributed by atoms with van der Waals surface area (Å²) in [6, 6.07) is 1.31. The predicted molar refractivity (Wildman–Crippen MR) is 71.7 cm³/mol. The molecule has 3 rings (SSSR count). The fourth-order valence-corrected chi connectivity index (χ4v) is 4.00. The highest BCUT2D eigenvalue weighted by Crippen LogP contribution is 2.34. The first-order chi connectivity index (χ1) is 8.77. The average Bonchev–Trinajstić information content (AvgIpc) is 3.01. The van der Waals surface area contributed by atoms with Crippen molar-refractivity contribution in [1.29, 1.82) is 0 Å². The summed E-state index contributed by atoms with van der Waals surface area (Å²) in [5.74, 6) is 0.906.